The third-order valence-electron chi connectivity index (χ3n) is 4.59. The number of carbonyl (C=O) groups is 2. The number of thioether (sulfide) groups is 1. The van der Waals surface area contributed by atoms with Gasteiger partial charge in [-0.15, -0.1) is 0 Å². The summed E-state index contributed by atoms with van der Waals surface area (Å²) in [5.41, 5.74) is 3.66. The van der Waals surface area contributed by atoms with E-state index in [1.165, 1.54) is 11.8 Å². The second kappa shape index (κ2) is 9.71. The predicted molar refractivity (Wildman–Crippen MR) is 118 cm³/mol. The van der Waals surface area contributed by atoms with Crippen LogP contribution in [0.4, 0.5) is 11.4 Å². The first kappa shape index (κ1) is 21.1. The molecule has 0 saturated carbocycles. The van der Waals surface area contributed by atoms with Crippen LogP contribution in [-0.2, 0) is 14.3 Å². The molecule has 1 atom stereocenters. The maximum absolute atomic E-state index is 12.9. The average Bonchev–Trinajstić information content (AvgIpc) is 2.98. The molecule has 2 aromatic carbocycles. The number of nitrogens with zero attached hydrogens (tertiary/aromatic N) is 2. The second-order valence-electron chi connectivity index (χ2n) is 6.89. The second-order valence-corrected chi connectivity index (χ2v) is 8.06. The van der Waals surface area contributed by atoms with Crippen LogP contribution in [0.2, 0.25) is 0 Å². The average molecular weight is 412 g/mol. The van der Waals surface area contributed by atoms with Gasteiger partial charge in [-0.25, -0.2) is 4.99 Å². The molecule has 2 aromatic rings. The zero-order chi connectivity index (χ0) is 20.8. The van der Waals surface area contributed by atoms with Gasteiger partial charge in [0.05, 0.1) is 18.8 Å². The Bertz CT molecular complexity index is 912. The fourth-order valence-electron chi connectivity index (χ4n) is 2.93. The summed E-state index contributed by atoms with van der Waals surface area (Å²) in [6.07, 6.45) is 0.0915. The molecule has 3 rings (SSSR count). The van der Waals surface area contributed by atoms with Crippen LogP contribution in [0.3, 0.4) is 0 Å². The molecule has 1 saturated heterocycles. The van der Waals surface area contributed by atoms with Crippen molar-refractivity contribution in [3.8, 4) is 0 Å². The third kappa shape index (κ3) is 5.46. The number of rotatable bonds is 7. The normalized spacial score (nSPS) is 17.8. The highest BCUT2D eigenvalue weighted by Crippen LogP contribution is 2.32. The lowest BCUT2D eigenvalue weighted by Gasteiger charge is -2.15. The fraction of sp³-hybridized carbons (Fsp3) is 0.318. The number of hydrogen-bond donors (Lipinski definition) is 1. The summed E-state index contributed by atoms with van der Waals surface area (Å²) >= 11 is 1.33. The highest BCUT2D eigenvalue weighted by Gasteiger charge is 2.39. The third-order valence-corrected chi connectivity index (χ3v) is 5.76. The standard InChI is InChI=1S/C22H25N3O3S/c1-15-8-10-17(11-9-15)23-22-25(12-13-28-3)21(27)19(29-22)14-20(26)24-18-7-5-4-6-16(18)2/h4-11,19H,12-14H2,1-3H3,(H,24,26)/t19-/m1/s1. The highest BCUT2D eigenvalue weighted by atomic mass is 32.2. The van der Waals surface area contributed by atoms with Gasteiger partial charge in [-0.3, -0.25) is 14.5 Å². The number of para-hydroxylation sites is 1. The van der Waals surface area contributed by atoms with E-state index in [0.717, 1.165) is 22.5 Å². The van der Waals surface area contributed by atoms with Gasteiger partial charge >= 0.3 is 0 Å². The van der Waals surface area contributed by atoms with Crippen LogP contribution >= 0.6 is 11.8 Å². The minimum absolute atomic E-state index is 0.0915. The number of aryl methyl sites for hydroxylation is 2. The first-order valence-electron chi connectivity index (χ1n) is 9.45. The molecular formula is C22H25N3O3S. The van der Waals surface area contributed by atoms with Crippen molar-refractivity contribution in [1.82, 2.24) is 4.90 Å². The van der Waals surface area contributed by atoms with Crippen molar-refractivity contribution in [3.63, 3.8) is 0 Å². The summed E-state index contributed by atoms with van der Waals surface area (Å²) in [6.45, 7) is 4.76. The number of nitrogens with one attached hydrogen (secondary N) is 1. The zero-order valence-corrected chi connectivity index (χ0v) is 17.7. The van der Waals surface area contributed by atoms with Gasteiger partial charge in [0, 0.05) is 19.2 Å². The van der Waals surface area contributed by atoms with Gasteiger partial charge in [0.25, 0.3) is 0 Å². The van der Waals surface area contributed by atoms with Crippen LogP contribution in [0.15, 0.2) is 53.5 Å². The van der Waals surface area contributed by atoms with Gasteiger partial charge in [-0.1, -0.05) is 47.7 Å². The van der Waals surface area contributed by atoms with Crippen molar-refractivity contribution in [2.24, 2.45) is 4.99 Å². The fourth-order valence-corrected chi connectivity index (χ4v) is 4.11. The number of aliphatic imine (C=N–C) groups is 1. The van der Waals surface area contributed by atoms with Crippen molar-refractivity contribution in [3.05, 3.63) is 59.7 Å². The van der Waals surface area contributed by atoms with E-state index >= 15 is 0 Å². The molecule has 1 aliphatic rings. The van der Waals surface area contributed by atoms with E-state index in [2.05, 4.69) is 10.3 Å². The molecule has 0 aliphatic carbocycles. The van der Waals surface area contributed by atoms with Crippen LogP contribution in [0.5, 0.6) is 0 Å². The molecule has 1 heterocycles. The quantitative estimate of drug-likeness (QED) is 0.750. The van der Waals surface area contributed by atoms with Crippen molar-refractivity contribution in [2.45, 2.75) is 25.5 Å². The first-order chi connectivity index (χ1) is 14.0. The van der Waals surface area contributed by atoms with Gasteiger partial charge in [0.1, 0.15) is 5.25 Å². The topological polar surface area (TPSA) is 71.0 Å². The zero-order valence-electron chi connectivity index (χ0n) is 16.8. The molecule has 7 heteroatoms. The molecular weight excluding hydrogens is 386 g/mol. The monoisotopic (exact) mass is 411 g/mol. The molecule has 1 aliphatic heterocycles. The summed E-state index contributed by atoms with van der Waals surface area (Å²) in [6, 6.07) is 15.4. The van der Waals surface area contributed by atoms with Crippen molar-refractivity contribution >= 4 is 40.1 Å². The van der Waals surface area contributed by atoms with Crippen LogP contribution in [0.25, 0.3) is 0 Å². The van der Waals surface area contributed by atoms with E-state index in [0.29, 0.717) is 18.3 Å². The van der Waals surface area contributed by atoms with Crippen LogP contribution in [0, 0.1) is 13.8 Å². The molecule has 0 aromatic heterocycles. The van der Waals surface area contributed by atoms with E-state index in [1.54, 1.807) is 12.0 Å². The molecule has 0 unspecified atom stereocenters. The van der Waals surface area contributed by atoms with Gasteiger partial charge in [0.15, 0.2) is 5.17 Å². The van der Waals surface area contributed by atoms with Gasteiger partial charge in [-0.2, -0.15) is 0 Å². The molecule has 152 valence electrons. The number of methoxy groups -OCH3 is 1. The number of amides is 2. The molecule has 2 amide bonds. The van der Waals surface area contributed by atoms with Crippen molar-refractivity contribution in [2.75, 3.05) is 25.6 Å². The molecule has 29 heavy (non-hydrogen) atoms. The van der Waals surface area contributed by atoms with E-state index in [-0.39, 0.29) is 18.2 Å². The Kier molecular flexibility index (Phi) is 7.06. The van der Waals surface area contributed by atoms with Gasteiger partial charge < -0.3 is 10.1 Å². The number of carbonyl (C=O) groups excluding carboxylic acids is 2. The van der Waals surface area contributed by atoms with Crippen LogP contribution < -0.4 is 5.32 Å². The van der Waals surface area contributed by atoms with E-state index in [1.807, 2.05) is 62.4 Å². The number of ether oxygens (including phenoxy) is 1. The largest absolute Gasteiger partial charge is 0.383 e. The SMILES string of the molecule is COCCN1C(=O)[C@@H](CC(=O)Nc2ccccc2C)SC1=Nc1ccc(C)cc1. The Morgan fingerprint density at radius 3 is 2.59 bits per heavy atom. The number of anilines is 1. The summed E-state index contributed by atoms with van der Waals surface area (Å²) in [5, 5.41) is 3.00. The molecule has 0 bridgehead atoms. The molecule has 1 N–H and O–H groups in total. The van der Waals surface area contributed by atoms with Gasteiger partial charge in [0.2, 0.25) is 11.8 Å². The first-order valence-corrected chi connectivity index (χ1v) is 10.3. The van der Waals surface area contributed by atoms with Crippen molar-refractivity contribution in [1.29, 1.82) is 0 Å². The summed E-state index contributed by atoms with van der Waals surface area (Å²) in [7, 11) is 1.59. The number of benzene rings is 2. The molecule has 0 spiro atoms. The Balaban J connectivity index is 1.74. The number of amidine groups is 1. The van der Waals surface area contributed by atoms with E-state index < -0.39 is 5.25 Å². The molecule has 1 fully saturated rings. The maximum atomic E-state index is 12.9. The van der Waals surface area contributed by atoms with Crippen LogP contribution in [-0.4, -0.2) is 47.4 Å². The smallest absolute Gasteiger partial charge is 0.242 e. The Morgan fingerprint density at radius 1 is 1.17 bits per heavy atom. The maximum Gasteiger partial charge on any atom is 0.242 e. The summed E-state index contributed by atoms with van der Waals surface area (Å²) < 4.78 is 5.14. The lowest BCUT2D eigenvalue weighted by Crippen LogP contribution is -2.35. The highest BCUT2D eigenvalue weighted by molar-refractivity contribution is 8.15. The molecule has 0 radical (unpaired) electrons. The Morgan fingerprint density at radius 2 is 1.90 bits per heavy atom. The predicted octanol–water partition coefficient (Wildman–Crippen LogP) is 3.91. The summed E-state index contributed by atoms with van der Waals surface area (Å²) in [4.78, 5) is 31.7. The Labute approximate surface area is 175 Å². The number of hydrogen-bond acceptors (Lipinski definition) is 5. The van der Waals surface area contributed by atoms with Crippen LogP contribution in [0.1, 0.15) is 17.5 Å². The van der Waals surface area contributed by atoms with Crippen molar-refractivity contribution < 1.29 is 14.3 Å². The minimum Gasteiger partial charge on any atom is -0.383 e. The van der Waals surface area contributed by atoms with Gasteiger partial charge in [-0.05, 0) is 37.6 Å². The van der Waals surface area contributed by atoms with E-state index in [4.69, 9.17) is 4.74 Å². The minimum atomic E-state index is -0.500. The lowest BCUT2D eigenvalue weighted by atomic mass is 10.2. The molecule has 6 nitrogen and oxygen atoms in total. The lowest BCUT2D eigenvalue weighted by molar-refractivity contribution is -0.128. The summed E-state index contributed by atoms with van der Waals surface area (Å²) in [5.74, 6) is -0.300. The van der Waals surface area contributed by atoms with E-state index in [9.17, 15) is 9.59 Å². The Hall–Kier alpha value is -2.64.